The first kappa shape index (κ1) is 9.05. The van der Waals surface area contributed by atoms with Gasteiger partial charge >= 0.3 is 16.1 Å². The molecule has 0 aliphatic carbocycles. The van der Waals surface area contributed by atoms with Gasteiger partial charge in [-0.1, -0.05) is 0 Å². The van der Waals surface area contributed by atoms with E-state index in [1.165, 1.54) is 0 Å². The molecule has 5 nitrogen and oxygen atoms in total. The van der Waals surface area contributed by atoms with Crippen LogP contribution in [0.5, 0.6) is 0 Å². The van der Waals surface area contributed by atoms with Gasteiger partial charge in [0.05, 0.1) is 18.4 Å². The normalized spacial score (nSPS) is 21.1. The molecule has 0 atom stereocenters. The largest absolute Gasteiger partial charge is 0.462 e. The maximum atomic E-state index is 10.7. The SMILES string of the molecule is CS(=O)(=O)OC=C1CCOC1=O. The van der Waals surface area contributed by atoms with Crippen molar-refractivity contribution in [3.63, 3.8) is 0 Å². The van der Waals surface area contributed by atoms with Crippen LogP contribution in [-0.2, 0) is 23.8 Å². The number of rotatable bonds is 2. The van der Waals surface area contributed by atoms with Gasteiger partial charge in [0.1, 0.15) is 6.26 Å². The molecular formula is C6H8O5S. The summed E-state index contributed by atoms with van der Waals surface area (Å²) < 4.78 is 29.8. The highest BCUT2D eigenvalue weighted by Crippen LogP contribution is 2.13. The van der Waals surface area contributed by atoms with E-state index in [-0.39, 0.29) is 12.2 Å². The Morgan fingerprint density at radius 2 is 2.25 bits per heavy atom. The van der Waals surface area contributed by atoms with Gasteiger partial charge in [-0.05, 0) is 0 Å². The first-order chi connectivity index (χ1) is 5.49. The highest BCUT2D eigenvalue weighted by atomic mass is 32.2. The molecule has 0 N–H and O–H groups in total. The van der Waals surface area contributed by atoms with Crippen LogP contribution in [0.3, 0.4) is 0 Å². The summed E-state index contributed by atoms with van der Waals surface area (Å²) in [6.45, 7) is 0.289. The molecule has 0 spiro atoms. The number of carbonyl (C=O) groups is 1. The standard InChI is InChI=1S/C6H8O5S/c1-12(8,9)11-4-5-2-3-10-6(5)7/h4H,2-3H2,1H3. The first-order valence-corrected chi connectivity index (χ1v) is 5.05. The third-order valence-electron chi connectivity index (χ3n) is 1.23. The highest BCUT2D eigenvalue weighted by Gasteiger charge is 2.19. The van der Waals surface area contributed by atoms with Crippen molar-refractivity contribution in [2.45, 2.75) is 6.42 Å². The van der Waals surface area contributed by atoms with E-state index >= 15 is 0 Å². The number of carbonyl (C=O) groups excluding carboxylic acids is 1. The van der Waals surface area contributed by atoms with Gasteiger partial charge in [-0.15, -0.1) is 0 Å². The maximum Gasteiger partial charge on any atom is 0.337 e. The number of hydrogen-bond donors (Lipinski definition) is 0. The Balaban J connectivity index is 2.64. The average Bonchev–Trinajstić information content (AvgIpc) is 2.29. The summed E-state index contributed by atoms with van der Waals surface area (Å²) in [7, 11) is -3.52. The molecule has 0 aromatic heterocycles. The van der Waals surface area contributed by atoms with Crippen molar-refractivity contribution in [1.29, 1.82) is 0 Å². The van der Waals surface area contributed by atoms with E-state index in [1.54, 1.807) is 0 Å². The van der Waals surface area contributed by atoms with Crippen molar-refractivity contribution in [3.05, 3.63) is 11.8 Å². The predicted molar refractivity (Wildman–Crippen MR) is 39.6 cm³/mol. The van der Waals surface area contributed by atoms with Gasteiger partial charge in [-0.25, -0.2) is 4.79 Å². The van der Waals surface area contributed by atoms with Crippen molar-refractivity contribution in [2.24, 2.45) is 0 Å². The lowest BCUT2D eigenvalue weighted by molar-refractivity contribution is -0.135. The molecule has 0 amide bonds. The fourth-order valence-corrected chi connectivity index (χ4v) is 0.992. The topological polar surface area (TPSA) is 69.7 Å². The zero-order valence-corrected chi connectivity index (χ0v) is 7.26. The number of ether oxygens (including phenoxy) is 1. The zero-order valence-electron chi connectivity index (χ0n) is 6.44. The Hall–Kier alpha value is -1.04. The minimum absolute atomic E-state index is 0.250. The number of hydrogen-bond acceptors (Lipinski definition) is 5. The van der Waals surface area contributed by atoms with Crippen LogP contribution in [0.4, 0.5) is 0 Å². The van der Waals surface area contributed by atoms with Crippen molar-refractivity contribution < 1.29 is 22.1 Å². The van der Waals surface area contributed by atoms with Crippen molar-refractivity contribution in [2.75, 3.05) is 12.9 Å². The van der Waals surface area contributed by atoms with Crippen LogP contribution < -0.4 is 0 Å². The molecule has 12 heavy (non-hydrogen) atoms. The van der Waals surface area contributed by atoms with Gasteiger partial charge in [-0.2, -0.15) is 8.42 Å². The summed E-state index contributed by atoms with van der Waals surface area (Å²) in [5.41, 5.74) is 0.250. The van der Waals surface area contributed by atoms with E-state index < -0.39 is 16.1 Å². The molecule has 0 saturated carbocycles. The fraction of sp³-hybridized carbons (Fsp3) is 0.500. The third kappa shape index (κ3) is 2.54. The molecule has 1 aliphatic heterocycles. The molecule has 0 aromatic carbocycles. The molecular weight excluding hydrogens is 184 g/mol. The highest BCUT2D eigenvalue weighted by molar-refractivity contribution is 7.86. The Morgan fingerprint density at radius 3 is 2.67 bits per heavy atom. The summed E-state index contributed by atoms with van der Waals surface area (Å²) in [4.78, 5) is 10.7. The molecule has 68 valence electrons. The molecule has 1 heterocycles. The van der Waals surface area contributed by atoms with E-state index in [0.717, 1.165) is 12.5 Å². The Labute approximate surface area is 70.1 Å². The maximum absolute atomic E-state index is 10.7. The van der Waals surface area contributed by atoms with Gasteiger partial charge in [0.15, 0.2) is 0 Å². The van der Waals surface area contributed by atoms with E-state index in [2.05, 4.69) is 8.92 Å². The summed E-state index contributed by atoms with van der Waals surface area (Å²) in [5.74, 6) is -0.515. The molecule has 1 aliphatic rings. The number of cyclic esters (lactones) is 1. The van der Waals surface area contributed by atoms with Gasteiger partial charge in [0.25, 0.3) is 0 Å². The quantitative estimate of drug-likeness (QED) is 0.262. The molecule has 0 aromatic rings. The van der Waals surface area contributed by atoms with Gasteiger partial charge < -0.3 is 8.92 Å². The Kier molecular flexibility index (Phi) is 2.37. The minimum Gasteiger partial charge on any atom is -0.462 e. The van der Waals surface area contributed by atoms with Gasteiger partial charge in [0.2, 0.25) is 0 Å². The second-order valence-electron chi connectivity index (χ2n) is 2.33. The van der Waals surface area contributed by atoms with E-state index in [1.807, 2.05) is 0 Å². The Morgan fingerprint density at radius 1 is 1.58 bits per heavy atom. The van der Waals surface area contributed by atoms with Gasteiger partial charge in [-0.3, -0.25) is 0 Å². The molecule has 6 heteroatoms. The molecule has 0 bridgehead atoms. The summed E-state index contributed by atoms with van der Waals surface area (Å²) in [6.07, 6.45) is 2.23. The summed E-state index contributed by atoms with van der Waals surface area (Å²) in [5, 5.41) is 0. The van der Waals surface area contributed by atoms with Crippen LogP contribution in [0.15, 0.2) is 11.8 Å². The smallest absolute Gasteiger partial charge is 0.337 e. The van der Waals surface area contributed by atoms with Crippen LogP contribution in [0.2, 0.25) is 0 Å². The average molecular weight is 192 g/mol. The third-order valence-corrected chi connectivity index (χ3v) is 1.68. The molecule has 1 fully saturated rings. The summed E-state index contributed by atoms with van der Waals surface area (Å²) >= 11 is 0. The van der Waals surface area contributed by atoms with Crippen molar-refractivity contribution in [1.82, 2.24) is 0 Å². The Bertz CT molecular complexity index is 313. The van der Waals surface area contributed by atoms with Gasteiger partial charge in [0, 0.05) is 6.42 Å². The lowest BCUT2D eigenvalue weighted by Crippen LogP contribution is -2.00. The molecule has 0 unspecified atom stereocenters. The second kappa shape index (κ2) is 3.14. The van der Waals surface area contributed by atoms with Crippen LogP contribution in [0.25, 0.3) is 0 Å². The summed E-state index contributed by atoms with van der Waals surface area (Å²) in [6, 6.07) is 0. The van der Waals surface area contributed by atoms with Crippen molar-refractivity contribution >= 4 is 16.1 Å². The van der Waals surface area contributed by atoms with E-state index in [0.29, 0.717) is 6.42 Å². The van der Waals surface area contributed by atoms with Crippen LogP contribution in [0, 0.1) is 0 Å². The lowest BCUT2D eigenvalue weighted by atomic mass is 10.3. The fourth-order valence-electron chi connectivity index (χ4n) is 0.701. The molecule has 0 radical (unpaired) electrons. The number of esters is 1. The predicted octanol–water partition coefficient (Wildman–Crippen LogP) is -0.207. The first-order valence-electron chi connectivity index (χ1n) is 3.23. The molecule has 1 rings (SSSR count). The zero-order chi connectivity index (χ0) is 9.19. The second-order valence-corrected chi connectivity index (χ2v) is 3.93. The van der Waals surface area contributed by atoms with Crippen LogP contribution in [-0.4, -0.2) is 27.2 Å². The van der Waals surface area contributed by atoms with E-state index in [4.69, 9.17) is 0 Å². The van der Waals surface area contributed by atoms with Crippen LogP contribution in [0.1, 0.15) is 6.42 Å². The van der Waals surface area contributed by atoms with Crippen LogP contribution >= 0.6 is 0 Å². The van der Waals surface area contributed by atoms with Crippen molar-refractivity contribution in [3.8, 4) is 0 Å². The van der Waals surface area contributed by atoms with E-state index in [9.17, 15) is 13.2 Å². The monoisotopic (exact) mass is 192 g/mol. The lowest BCUT2D eigenvalue weighted by Gasteiger charge is -1.94. The minimum atomic E-state index is -3.52. The molecule has 1 saturated heterocycles.